The fourth-order valence-electron chi connectivity index (χ4n) is 1.32. The molecule has 0 aliphatic rings. The highest BCUT2D eigenvalue weighted by Crippen LogP contribution is 1.97. The molecule has 0 aromatic heterocycles. The second-order valence-corrected chi connectivity index (χ2v) is 4.18. The number of nitrogens with one attached hydrogen (secondary N) is 1. The zero-order valence-electron chi connectivity index (χ0n) is 11.0. The Kier molecular flexibility index (Phi) is 11.4. The predicted molar refractivity (Wildman–Crippen MR) is 67.8 cm³/mol. The molecule has 5 heteroatoms. The standard InChI is InChI=1S/C12H26N2O3/c1-11(13)5-3-6-12(15)14-7-4-8-17-10-9-16-2/h11H,3-10,13H2,1-2H3,(H,14,15). The van der Waals surface area contributed by atoms with Crippen molar-refractivity contribution >= 4 is 5.91 Å². The monoisotopic (exact) mass is 246 g/mol. The molecule has 0 aromatic carbocycles. The van der Waals surface area contributed by atoms with Crippen LogP contribution in [-0.2, 0) is 14.3 Å². The Balaban J connectivity index is 3.16. The molecule has 1 atom stereocenters. The summed E-state index contributed by atoms with van der Waals surface area (Å²) < 4.78 is 10.1. The van der Waals surface area contributed by atoms with E-state index in [4.69, 9.17) is 15.2 Å². The smallest absolute Gasteiger partial charge is 0.219 e. The minimum atomic E-state index is 0.0996. The molecule has 0 bridgehead atoms. The topological polar surface area (TPSA) is 73.6 Å². The Morgan fingerprint density at radius 2 is 2.06 bits per heavy atom. The lowest BCUT2D eigenvalue weighted by molar-refractivity contribution is -0.121. The van der Waals surface area contributed by atoms with Gasteiger partial charge in [0, 0.05) is 32.7 Å². The van der Waals surface area contributed by atoms with Crippen molar-refractivity contribution in [1.82, 2.24) is 5.32 Å². The first-order valence-electron chi connectivity index (χ1n) is 6.25. The third-order valence-electron chi connectivity index (χ3n) is 2.28. The molecular formula is C12H26N2O3. The van der Waals surface area contributed by atoms with Gasteiger partial charge < -0.3 is 20.5 Å². The van der Waals surface area contributed by atoms with Gasteiger partial charge in [0.15, 0.2) is 0 Å². The van der Waals surface area contributed by atoms with Crippen LogP contribution in [0.5, 0.6) is 0 Å². The molecule has 0 heterocycles. The molecule has 0 aliphatic heterocycles. The number of amides is 1. The zero-order chi connectivity index (χ0) is 12.9. The summed E-state index contributed by atoms with van der Waals surface area (Å²) in [5.41, 5.74) is 5.60. The molecule has 102 valence electrons. The van der Waals surface area contributed by atoms with Crippen molar-refractivity contribution in [2.75, 3.05) is 33.5 Å². The van der Waals surface area contributed by atoms with Crippen LogP contribution < -0.4 is 11.1 Å². The second kappa shape index (κ2) is 11.8. The van der Waals surface area contributed by atoms with Crippen molar-refractivity contribution in [2.45, 2.75) is 38.6 Å². The van der Waals surface area contributed by atoms with E-state index in [1.807, 2.05) is 6.92 Å². The maximum Gasteiger partial charge on any atom is 0.219 e. The summed E-state index contributed by atoms with van der Waals surface area (Å²) in [4.78, 5) is 11.3. The quantitative estimate of drug-likeness (QED) is 0.526. The summed E-state index contributed by atoms with van der Waals surface area (Å²) in [6.45, 7) is 4.51. The number of hydrogen-bond donors (Lipinski definition) is 2. The van der Waals surface area contributed by atoms with Crippen molar-refractivity contribution < 1.29 is 14.3 Å². The lowest BCUT2D eigenvalue weighted by atomic mass is 10.1. The van der Waals surface area contributed by atoms with Gasteiger partial charge in [-0.25, -0.2) is 0 Å². The highest BCUT2D eigenvalue weighted by atomic mass is 16.5. The van der Waals surface area contributed by atoms with Crippen molar-refractivity contribution in [3.8, 4) is 0 Å². The van der Waals surface area contributed by atoms with Gasteiger partial charge in [0.1, 0.15) is 0 Å². The SMILES string of the molecule is COCCOCCCNC(=O)CCCC(C)N. The summed E-state index contributed by atoms with van der Waals surface area (Å²) >= 11 is 0. The summed E-state index contributed by atoms with van der Waals surface area (Å²) in [6, 6.07) is 0.178. The minimum Gasteiger partial charge on any atom is -0.382 e. The average molecular weight is 246 g/mol. The van der Waals surface area contributed by atoms with Gasteiger partial charge in [0.2, 0.25) is 5.91 Å². The summed E-state index contributed by atoms with van der Waals surface area (Å²) in [5.74, 6) is 0.0996. The largest absolute Gasteiger partial charge is 0.382 e. The molecule has 0 spiro atoms. The Morgan fingerprint density at radius 3 is 2.71 bits per heavy atom. The zero-order valence-corrected chi connectivity index (χ0v) is 11.0. The minimum absolute atomic E-state index is 0.0996. The first-order valence-corrected chi connectivity index (χ1v) is 6.25. The van der Waals surface area contributed by atoms with Gasteiger partial charge in [-0.3, -0.25) is 4.79 Å². The lowest BCUT2D eigenvalue weighted by Gasteiger charge is -2.07. The van der Waals surface area contributed by atoms with E-state index < -0.39 is 0 Å². The number of carbonyl (C=O) groups is 1. The van der Waals surface area contributed by atoms with E-state index in [-0.39, 0.29) is 11.9 Å². The second-order valence-electron chi connectivity index (χ2n) is 4.18. The van der Waals surface area contributed by atoms with E-state index in [0.29, 0.717) is 32.8 Å². The highest BCUT2D eigenvalue weighted by Gasteiger charge is 2.01. The van der Waals surface area contributed by atoms with Crippen LogP contribution >= 0.6 is 0 Å². The van der Waals surface area contributed by atoms with Crippen LogP contribution in [0.25, 0.3) is 0 Å². The average Bonchev–Trinajstić information content (AvgIpc) is 2.27. The molecule has 0 radical (unpaired) electrons. The normalized spacial score (nSPS) is 12.4. The molecule has 0 fully saturated rings. The molecule has 0 aromatic rings. The van der Waals surface area contributed by atoms with Crippen molar-refractivity contribution in [2.24, 2.45) is 5.73 Å². The molecule has 3 N–H and O–H groups in total. The van der Waals surface area contributed by atoms with Gasteiger partial charge in [-0.2, -0.15) is 0 Å². The molecule has 0 rings (SSSR count). The Labute approximate surface area is 104 Å². The van der Waals surface area contributed by atoms with Gasteiger partial charge in [-0.15, -0.1) is 0 Å². The molecule has 1 unspecified atom stereocenters. The molecule has 0 aliphatic carbocycles. The van der Waals surface area contributed by atoms with Gasteiger partial charge in [-0.1, -0.05) is 0 Å². The molecule has 0 saturated carbocycles. The van der Waals surface area contributed by atoms with E-state index in [2.05, 4.69) is 5.32 Å². The fourth-order valence-corrected chi connectivity index (χ4v) is 1.32. The third-order valence-corrected chi connectivity index (χ3v) is 2.28. The van der Waals surface area contributed by atoms with Crippen LogP contribution in [0.1, 0.15) is 32.6 Å². The van der Waals surface area contributed by atoms with Crippen molar-refractivity contribution in [3.63, 3.8) is 0 Å². The summed E-state index contributed by atoms with van der Waals surface area (Å²) in [6.07, 6.45) is 3.15. The molecular weight excluding hydrogens is 220 g/mol. The molecule has 0 saturated heterocycles. The maximum absolute atomic E-state index is 11.3. The van der Waals surface area contributed by atoms with E-state index in [0.717, 1.165) is 19.3 Å². The molecule has 1 amide bonds. The summed E-state index contributed by atoms with van der Waals surface area (Å²) in [7, 11) is 1.64. The number of hydrogen-bond acceptors (Lipinski definition) is 4. The number of ether oxygens (including phenoxy) is 2. The number of methoxy groups -OCH3 is 1. The van der Waals surface area contributed by atoms with Crippen LogP contribution in [0, 0.1) is 0 Å². The maximum atomic E-state index is 11.3. The summed E-state index contributed by atoms with van der Waals surface area (Å²) in [5, 5.41) is 2.86. The number of rotatable bonds is 11. The van der Waals surface area contributed by atoms with Gasteiger partial charge in [-0.05, 0) is 26.2 Å². The third kappa shape index (κ3) is 13.3. The molecule has 17 heavy (non-hydrogen) atoms. The fraction of sp³-hybridized carbons (Fsp3) is 0.917. The van der Waals surface area contributed by atoms with Gasteiger partial charge >= 0.3 is 0 Å². The van der Waals surface area contributed by atoms with Crippen LogP contribution in [0.15, 0.2) is 0 Å². The van der Waals surface area contributed by atoms with Crippen LogP contribution in [0.2, 0.25) is 0 Å². The van der Waals surface area contributed by atoms with E-state index in [1.54, 1.807) is 7.11 Å². The van der Waals surface area contributed by atoms with Crippen LogP contribution in [-0.4, -0.2) is 45.4 Å². The Bertz CT molecular complexity index is 187. The van der Waals surface area contributed by atoms with Crippen LogP contribution in [0.3, 0.4) is 0 Å². The van der Waals surface area contributed by atoms with Crippen molar-refractivity contribution in [1.29, 1.82) is 0 Å². The number of carbonyl (C=O) groups excluding carboxylic acids is 1. The van der Waals surface area contributed by atoms with Crippen LogP contribution in [0.4, 0.5) is 0 Å². The first kappa shape index (κ1) is 16.4. The Morgan fingerprint density at radius 1 is 1.29 bits per heavy atom. The van der Waals surface area contributed by atoms with E-state index >= 15 is 0 Å². The predicted octanol–water partition coefficient (Wildman–Crippen LogP) is 0.673. The molecule has 5 nitrogen and oxygen atoms in total. The Hall–Kier alpha value is -0.650. The van der Waals surface area contributed by atoms with Gasteiger partial charge in [0.25, 0.3) is 0 Å². The van der Waals surface area contributed by atoms with Crippen molar-refractivity contribution in [3.05, 3.63) is 0 Å². The van der Waals surface area contributed by atoms with E-state index in [1.165, 1.54) is 0 Å². The highest BCUT2D eigenvalue weighted by molar-refractivity contribution is 5.75. The lowest BCUT2D eigenvalue weighted by Crippen LogP contribution is -2.25. The van der Waals surface area contributed by atoms with Gasteiger partial charge in [0.05, 0.1) is 13.2 Å². The van der Waals surface area contributed by atoms with E-state index in [9.17, 15) is 4.79 Å². The number of nitrogens with two attached hydrogens (primary N) is 1. The first-order chi connectivity index (χ1) is 8.16.